The number of urea groups is 1. The maximum absolute atomic E-state index is 12.9. The molecule has 146 valence electrons. The highest BCUT2D eigenvalue weighted by atomic mass is 16.5. The van der Waals surface area contributed by atoms with Crippen LogP contribution >= 0.6 is 0 Å². The first-order valence-corrected chi connectivity index (χ1v) is 9.70. The second kappa shape index (κ2) is 8.46. The summed E-state index contributed by atoms with van der Waals surface area (Å²) in [7, 11) is 0. The van der Waals surface area contributed by atoms with Crippen molar-refractivity contribution in [2.75, 3.05) is 6.61 Å². The molecule has 27 heavy (non-hydrogen) atoms. The Balaban J connectivity index is 1.81. The number of ether oxygens (including phenoxy) is 2. The predicted molar refractivity (Wildman–Crippen MR) is 102 cm³/mol. The minimum atomic E-state index is -0.539. The molecule has 0 unspecified atom stereocenters. The van der Waals surface area contributed by atoms with Crippen LogP contribution < -0.4 is 15.4 Å². The molecule has 1 aromatic carbocycles. The minimum absolute atomic E-state index is 0.0554. The van der Waals surface area contributed by atoms with E-state index in [-0.39, 0.29) is 18.1 Å². The molecule has 1 aliphatic carbocycles. The van der Waals surface area contributed by atoms with Gasteiger partial charge in [-0.25, -0.2) is 9.59 Å². The van der Waals surface area contributed by atoms with Gasteiger partial charge in [-0.05, 0) is 56.7 Å². The van der Waals surface area contributed by atoms with Crippen LogP contribution in [-0.2, 0) is 9.53 Å². The number of carbonyl (C=O) groups excluding carboxylic acids is 2. The van der Waals surface area contributed by atoms with Crippen molar-refractivity contribution in [3.8, 4) is 5.75 Å². The first-order chi connectivity index (χ1) is 13.0. The number of hydrogen-bond donors (Lipinski definition) is 2. The molecular weight excluding hydrogens is 344 g/mol. The fraction of sp³-hybridized carbons (Fsp3) is 0.524. The molecule has 2 aliphatic rings. The monoisotopic (exact) mass is 372 g/mol. The number of amides is 2. The summed E-state index contributed by atoms with van der Waals surface area (Å²) in [5, 5.41) is 5.53. The Labute approximate surface area is 160 Å². The van der Waals surface area contributed by atoms with E-state index in [0.717, 1.165) is 30.6 Å². The largest absolute Gasteiger partial charge is 0.494 e. The zero-order valence-corrected chi connectivity index (χ0v) is 16.2. The zero-order chi connectivity index (χ0) is 19.4. The number of allylic oxidation sites excluding steroid dienone is 1. The molecule has 0 aromatic heterocycles. The molecule has 1 aliphatic heterocycles. The predicted octanol–water partition coefficient (Wildman–Crippen LogP) is 3.84. The number of carbonyl (C=O) groups is 2. The molecule has 6 heteroatoms. The molecule has 2 N–H and O–H groups in total. The standard InChI is InChI=1S/C21H28N2O4/c1-4-26-16-10-8-15(9-11-16)19-18(14(3)22-21(25)23-19)20(24)27-17-7-5-6-13(2)12-17/h8-11,13,17,19H,4-7,12H2,1-3H3,(H2,22,23,25)/t13-,17-,19+/m0/s1. The molecule has 0 saturated heterocycles. The Morgan fingerprint density at radius 2 is 1.96 bits per heavy atom. The maximum Gasteiger partial charge on any atom is 0.338 e. The van der Waals surface area contributed by atoms with Gasteiger partial charge in [-0.15, -0.1) is 0 Å². The van der Waals surface area contributed by atoms with Crippen LogP contribution in [0.1, 0.15) is 58.1 Å². The first-order valence-electron chi connectivity index (χ1n) is 9.70. The Bertz CT molecular complexity index is 726. The van der Waals surface area contributed by atoms with Gasteiger partial charge in [0.1, 0.15) is 11.9 Å². The van der Waals surface area contributed by atoms with Crippen LogP contribution in [0.25, 0.3) is 0 Å². The fourth-order valence-corrected chi connectivity index (χ4v) is 3.84. The highest BCUT2D eigenvalue weighted by Gasteiger charge is 2.34. The van der Waals surface area contributed by atoms with Crippen LogP contribution in [0.5, 0.6) is 5.75 Å². The lowest BCUT2D eigenvalue weighted by atomic mass is 9.88. The maximum atomic E-state index is 12.9. The molecule has 3 rings (SSSR count). The summed E-state index contributed by atoms with van der Waals surface area (Å²) < 4.78 is 11.3. The van der Waals surface area contributed by atoms with E-state index in [1.54, 1.807) is 6.92 Å². The van der Waals surface area contributed by atoms with Crippen molar-refractivity contribution in [1.82, 2.24) is 10.6 Å². The van der Waals surface area contributed by atoms with Gasteiger partial charge in [0.15, 0.2) is 0 Å². The van der Waals surface area contributed by atoms with Crippen molar-refractivity contribution in [1.29, 1.82) is 0 Å². The van der Waals surface area contributed by atoms with Crippen LogP contribution in [0.15, 0.2) is 35.5 Å². The summed E-state index contributed by atoms with van der Waals surface area (Å²) in [6.45, 7) is 6.43. The van der Waals surface area contributed by atoms with E-state index >= 15 is 0 Å². The Morgan fingerprint density at radius 1 is 1.22 bits per heavy atom. The van der Waals surface area contributed by atoms with Gasteiger partial charge in [-0.2, -0.15) is 0 Å². The molecule has 0 spiro atoms. The van der Waals surface area contributed by atoms with Gasteiger partial charge in [0.25, 0.3) is 0 Å². The van der Waals surface area contributed by atoms with Gasteiger partial charge in [-0.3, -0.25) is 0 Å². The molecular formula is C21H28N2O4. The number of rotatable bonds is 5. The van der Waals surface area contributed by atoms with Crippen molar-refractivity contribution < 1.29 is 19.1 Å². The summed E-state index contributed by atoms with van der Waals surface area (Å²) in [6.07, 6.45) is 4.00. The second-order valence-corrected chi connectivity index (χ2v) is 7.37. The zero-order valence-electron chi connectivity index (χ0n) is 16.2. The lowest BCUT2D eigenvalue weighted by molar-refractivity contribution is -0.146. The fourth-order valence-electron chi connectivity index (χ4n) is 3.84. The average molecular weight is 372 g/mol. The Hall–Kier alpha value is -2.50. The third-order valence-electron chi connectivity index (χ3n) is 5.18. The van der Waals surface area contributed by atoms with Gasteiger partial charge in [0, 0.05) is 5.70 Å². The third kappa shape index (κ3) is 4.62. The van der Waals surface area contributed by atoms with E-state index in [9.17, 15) is 9.59 Å². The van der Waals surface area contributed by atoms with Crippen molar-refractivity contribution in [2.24, 2.45) is 5.92 Å². The Morgan fingerprint density at radius 3 is 2.63 bits per heavy atom. The molecule has 1 saturated carbocycles. The van der Waals surface area contributed by atoms with E-state index < -0.39 is 6.04 Å². The van der Waals surface area contributed by atoms with Crippen LogP contribution in [0.2, 0.25) is 0 Å². The van der Waals surface area contributed by atoms with Gasteiger partial charge >= 0.3 is 12.0 Å². The number of esters is 1. The van der Waals surface area contributed by atoms with E-state index in [1.165, 1.54) is 6.42 Å². The second-order valence-electron chi connectivity index (χ2n) is 7.37. The normalized spacial score (nSPS) is 25.4. The molecule has 1 heterocycles. The summed E-state index contributed by atoms with van der Waals surface area (Å²) in [6, 6.07) is 6.55. The number of benzene rings is 1. The van der Waals surface area contributed by atoms with Crippen LogP contribution in [0.3, 0.4) is 0 Å². The minimum Gasteiger partial charge on any atom is -0.494 e. The topological polar surface area (TPSA) is 76.7 Å². The van der Waals surface area contributed by atoms with Gasteiger partial charge in [-0.1, -0.05) is 25.5 Å². The van der Waals surface area contributed by atoms with Gasteiger partial charge in [0.2, 0.25) is 0 Å². The molecule has 0 radical (unpaired) electrons. The number of nitrogens with one attached hydrogen (secondary N) is 2. The summed E-state index contributed by atoms with van der Waals surface area (Å²) in [5.41, 5.74) is 1.81. The highest BCUT2D eigenvalue weighted by molar-refractivity contribution is 5.95. The van der Waals surface area contributed by atoms with E-state index in [4.69, 9.17) is 9.47 Å². The average Bonchev–Trinajstić information content (AvgIpc) is 2.62. The van der Waals surface area contributed by atoms with Crippen LogP contribution in [0, 0.1) is 5.92 Å². The molecule has 0 bridgehead atoms. The van der Waals surface area contributed by atoms with E-state index in [1.807, 2.05) is 31.2 Å². The summed E-state index contributed by atoms with van der Waals surface area (Å²) in [5.74, 6) is 0.957. The van der Waals surface area contributed by atoms with Crippen LogP contribution in [0.4, 0.5) is 4.79 Å². The molecule has 2 amide bonds. The van der Waals surface area contributed by atoms with Crippen LogP contribution in [-0.4, -0.2) is 24.7 Å². The quantitative estimate of drug-likeness (QED) is 0.770. The lowest BCUT2D eigenvalue weighted by Crippen LogP contribution is -2.45. The first kappa shape index (κ1) is 19.3. The van der Waals surface area contributed by atoms with Crippen molar-refractivity contribution in [2.45, 2.75) is 58.6 Å². The van der Waals surface area contributed by atoms with Gasteiger partial charge < -0.3 is 20.1 Å². The van der Waals surface area contributed by atoms with E-state index in [0.29, 0.717) is 23.8 Å². The summed E-state index contributed by atoms with van der Waals surface area (Å²) >= 11 is 0. The Kier molecular flexibility index (Phi) is 6.04. The third-order valence-corrected chi connectivity index (χ3v) is 5.18. The molecule has 3 atom stereocenters. The molecule has 1 aromatic rings. The SMILES string of the molecule is CCOc1ccc([C@H]2NC(=O)NC(C)=C2C(=O)O[C@H]2CCC[C@H](C)C2)cc1. The molecule has 6 nitrogen and oxygen atoms in total. The summed E-state index contributed by atoms with van der Waals surface area (Å²) in [4.78, 5) is 24.9. The van der Waals surface area contributed by atoms with E-state index in [2.05, 4.69) is 17.6 Å². The molecule has 1 fully saturated rings. The van der Waals surface area contributed by atoms with Crippen molar-refractivity contribution in [3.63, 3.8) is 0 Å². The lowest BCUT2D eigenvalue weighted by Gasteiger charge is -2.31. The van der Waals surface area contributed by atoms with Gasteiger partial charge in [0.05, 0.1) is 18.2 Å². The smallest absolute Gasteiger partial charge is 0.338 e. The number of hydrogen-bond acceptors (Lipinski definition) is 4. The van der Waals surface area contributed by atoms with Crippen molar-refractivity contribution in [3.05, 3.63) is 41.1 Å². The highest BCUT2D eigenvalue weighted by Crippen LogP contribution is 2.31. The van der Waals surface area contributed by atoms with Crippen molar-refractivity contribution >= 4 is 12.0 Å².